The Morgan fingerprint density at radius 2 is 1.46 bits per heavy atom. The Hall–Kier alpha value is -5.30. The van der Waals surface area contributed by atoms with E-state index >= 15 is 0 Å². The summed E-state index contributed by atoms with van der Waals surface area (Å²) in [6.07, 6.45) is 11.8. The van der Waals surface area contributed by atoms with E-state index in [1.165, 1.54) is 53.0 Å². The lowest BCUT2D eigenvalue weighted by Crippen LogP contribution is -2.46. The number of hydrogen-bond acceptors (Lipinski definition) is 15. The normalized spacial score (nSPS) is 28.0. The minimum absolute atomic E-state index is 0.00146. The van der Waals surface area contributed by atoms with E-state index in [2.05, 4.69) is 10.6 Å². The lowest BCUT2D eigenvalue weighted by molar-refractivity contribution is -0.160. The molecule has 0 aromatic heterocycles. The van der Waals surface area contributed by atoms with Crippen LogP contribution in [-0.4, -0.2) is 111 Å². The third kappa shape index (κ3) is 14.2. The van der Waals surface area contributed by atoms with Crippen molar-refractivity contribution < 1.29 is 72.9 Å². The van der Waals surface area contributed by atoms with E-state index < -0.39 is 112 Å². The number of unbranched alkanes of at least 4 members (excludes halogenated alkanes) is 8. The number of hydrogen-bond donors (Lipinski definition) is 6. The Kier molecular flexibility index (Phi) is 21.5. The van der Waals surface area contributed by atoms with Gasteiger partial charge in [-0.3, -0.25) is 33.6 Å². The zero-order valence-corrected chi connectivity index (χ0v) is 42.7. The molecule has 6 N–H and O–H groups in total. The van der Waals surface area contributed by atoms with Crippen LogP contribution < -0.4 is 15.4 Å². The first-order chi connectivity index (χ1) is 33.1. The van der Waals surface area contributed by atoms with Gasteiger partial charge in [0.15, 0.2) is 0 Å². The number of ether oxygens (including phenoxy) is 4. The Bertz CT molecular complexity index is 2250. The molecule has 5 bridgehead atoms. The van der Waals surface area contributed by atoms with Gasteiger partial charge in [-0.15, -0.1) is 11.8 Å². The summed E-state index contributed by atoms with van der Waals surface area (Å²) in [4.78, 5) is 93.4. The van der Waals surface area contributed by atoms with Gasteiger partial charge in [0.1, 0.15) is 23.3 Å². The predicted octanol–water partition coefficient (Wildman–Crippen LogP) is 7.18. The number of thioether (sulfide) groups is 1. The number of aliphatic hydroxyl groups excluding tert-OH is 2. The maximum atomic E-state index is 14.8. The van der Waals surface area contributed by atoms with E-state index in [0.717, 1.165) is 69.4 Å². The summed E-state index contributed by atoms with van der Waals surface area (Å²) in [6, 6.07) is 0. The number of amides is 2. The first kappa shape index (κ1) is 57.3. The maximum absolute atomic E-state index is 14.8. The molecule has 4 aliphatic rings. The van der Waals surface area contributed by atoms with Crippen LogP contribution in [-0.2, 0) is 33.4 Å². The van der Waals surface area contributed by atoms with Crippen LogP contribution in [0.15, 0.2) is 46.7 Å². The van der Waals surface area contributed by atoms with Gasteiger partial charge in [-0.1, -0.05) is 90.9 Å². The number of aliphatic hydroxyl groups is 2. The van der Waals surface area contributed by atoms with Crippen LogP contribution in [0.1, 0.15) is 156 Å². The van der Waals surface area contributed by atoms with Crippen molar-refractivity contribution in [2.75, 3.05) is 19.4 Å². The molecule has 1 aromatic carbocycles. The number of ketones is 3. The Balaban J connectivity index is 1.64. The minimum atomic E-state index is -2.13. The number of methoxy groups -OCH3 is 1. The van der Waals surface area contributed by atoms with Crippen LogP contribution in [0.3, 0.4) is 0 Å². The third-order valence-electron chi connectivity index (χ3n) is 13.4. The SMILES string of the molecule is COC1/C=C/OC2(C)Oc3c(C)c(O)c4c(c3C2=O)C(=O)C(SCCC(=O)NCCCCCCCCCCCC(=O)O)=C(NC(=O)/C(C)=C\C=C\C(C)C(O)C(C)C(O)C(C)C(OC(C)=O)C1C)C4=O. The number of fused-ring (bicyclic) bond motifs is 14. The van der Waals surface area contributed by atoms with Gasteiger partial charge >= 0.3 is 17.7 Å². The van der Waals surface area contributed by atoms with Crippen molar-refractivity contribution in [1.29, 1.82) is 0 Å². The molecular formula is C52H72N2O15S. The highest BCUT2D eigenvalue weighted by Gasteiger charge is 2.53. The lowest BCUT2D eigenvalue weighted by Gasteiger charge is -2.38. The molecule has 9 unspecified atom stereocenters. The number of carbonyl (C=O) groups excluding carboxylic acids is 6. The molecule has 0 fully saturated rings. The molecule has 0 saturated heterocycles. The fourth-order valence-corrected chi connectivity index (χ4v) is 10.0. The lowest BCUT2D eigenvalue weighted by atomic mass is 9.78. The molecular weight excluding hydrogens is 925 g/mol. The summed E-state index contributed by atoms with van der Waals surface area (Å²) >= 11 is 0.844. The predicted molar refractivity (Wildman–Crippen MR) is 262 cm³/mol. The Morgan fingerprint density at radius 3 is 2.07 bits per heavy atom. The zero-order chi connectivity index (χ0) is 52.0. The molecule has 2 amide bonds. The van der Waals surface area contributed by atoms with Crippen molar-refractivity contribution in [3.63, 3.8) is 0 Å². The number of phenolic OH excluding ortho intramolecular Hbond substituents is 1. The van der Waals surface area contributed by atoms with Gasteiger partial charge in [0.25, 0.3) is 11.7 Å². The molecule has 386 valence electrons. The molecule has 0 spiro atoms. The summed E-state index contributed by atoms with van der Waals surface area (Å²) in [5.41, 5.74) is -1.67. The summed E-state index contributed by atoms with van der Waals surface area (Å²) in [6.45, 7) is 12.7. The Morgan fingerprint density at radius 1 is 0.829 bits per heavy atom. The molecule has 3 heterocycles. The Labute approximate surface area is 414 Å². The number of carbonyl (C=O) groups is 7. The quantitative estimate of drug-likeness (QED) is 0.0628. The smallest absolute Gasteiger partial charge is 0.312 e. The number of esters is 1. The van der Waals surface area contributed by atoms with Gasteiger partial charge in [0, 0.05) is 80.9 Å². The van der Waals surface area contributed by atoms with Crippen molar-refractivity contribution in [3.8, 4) is 11.5 Å². The number of benzene rings is 1. The summed E-state index contributed by atoms with van der Waals surface area (Å²) in [5, 5.41) is 48.7. The molecule has 1 aliphatic carbocycles. The molecule has 18 heteroatoms. The number of aliphatic carboxylic acids is 1. The molecule has 17 nitrogen and oxygen atoms in total. The minimum Gasteiger partial charge on any atom is -0.507 e. The number of carboxylic acids is 1. The van der Waals surface area contributed by atoms with E-state index in [1.807, 2.05) is 0 Å². The first-order valence-electron chi connectivity index (χ1n) is 24.2. The number of phenols is 1. The summed E-state index contributed by atoms with van der Waals surface area (Å²) < 4.78 is 23.5. The van der Waals surface area contributed by atoms with E-state index in [9.17, 15) is 48.9 Å². The molecule has 5 rings (SSSR count). The fourth-order valence-electron chi connectivity index (χ4n) is 9.00. The fraction of sp³-hybridized carbons (Fsp3) is 0.596. The number of allylic oxidation sites excluding steroid dienone is 4. The van der Waals surface area contributed by atoms with E-state index in [0.29, 0.717) is 13.0 Å². The van der Waals surface area contributed by atoms with Crippen molar-refractivity contribution >= 4 is 52.9 Å². The monoisotopic (exact) mass is 996 g/mol. The van der Waals surface area contributed by atoms with E-state index in [1.54, 1.807) is 33.8 Å². The van der Waals surface area contributed by atoms with E-state index in [4.69, 9.17) is 24.1 Å². The largest absolute Gasteiger partial charge is 0.507 e. The summed E-state index contributed by atoms with van der Waals surface area (Å²) in [5.74, 6) is -10.7. The van der Waals surface area contributed by atoms with Gasteiger partial charge in [-0.25, -0.2) is 0 Å². The second kappa shape index (κ2) is 26.2. The van der Waals surface area contributed by atoms with Crippen LogP contribution in [0.2, 0.25) is 0 Å². The maximum Gasteiger partial charge on any atom is 0.312 e. The van der Waals surface area contributed by atoms with Crippen LogP contribution in [0.5, 0.6) is 11.5 Å². The van der Waals surface area contributed by atoms with Crippen molar-refractivity contribution in [2.45, 2.75) is 156 Å². The van der Waals surface area contributed by atoms with Gasteiger partial charge in [-0.2, -0.15) is 0 Å². The van der Waals surface area contributed by atoms with Gasteiger partial charge in [0.05, 0.1) is 46.2 Å². The number of Topliss-reactive ketones (excluding diaryl/α,β-unsaturated/α-hetero) is 3. The zero-order valence-electron chi connectivity index (χ0n) is 41.9. The molecule has 3 aliphatic heterocycles. The van der Waals surface area contributed by atoms with Crippen molar-refractivity contribution in [2.24, 2.45) is 23.7 Å². The molecule has 0 radical (unpaired) electrons. The van der Waals surface area contributed by atoms with Crippen molar-refractivity contribution in [1.82, 2.24) is 10.6 Å². The number of carboxylic acid groups (broad SMARTS) is 1. The summed E-state index contributed by atoms with van der Waals surface area (Å²) in [7, 11) is 1.41. The van der Waals surface area contributed by atoms with Gasteiger partial charge in [-0.05, 0) is 32.8 Å². The van der Waals surface area contributed by atoms with Gasteiger partial charge in [0.2, 0.25) is 17.5 Å². The number of aromatic hydroxyl groups is 1. The number of rotatable bonds is 18. The topological polar surface area (TPSA) is 261 Å². The molecule has 9 atom stereocenters. The highest BCUT2D eigenvalue weighted by Crippen LogP contribution is 2.49. The number of nitrogens with one attached hydrogen (secondary N) is 2. The molecule has 1 aromatic rings. The second-order valence-electron chi connectivity index (χ2n) is 18.8. The standard InChI is InChI=1S/C52H72N2O15S/c1-28-20-19-21-29(2)51(65)54-41-45(62)39-38(46(63)49(41)70-27-24-36(56)53-25-18-16-14-12-10-11-13-15-17-22-37(57)58)40-48(33(6)44(39)61)69-52(8,50(40)64)67-26-23-35(66-9)30(3)47(68-34(7)55)32(5)43(60)31(4)42(28)59/h19-21,23,26,28,30-32,35,42-43,47,59-61H,10-18,22,24-25,27H2,1-9H3,(H,53,56)(H,54,65)(H,57,58)/b20-19+,26-23+,29-21-. The highest BCUT2D eigenvalue weighted by molar-refractivity contribution is 8.04. The average molecular weight is 997 g/mol. The van der Waals surface area contributed by atoms with Gasteiger partial charge < -0.3 is 50.0 Å². The molecule has 0 saturated carbocycles. The van der Waals surface area contributed by atoms with Crippen LogP contribution >= 0.6 is 11.8 Å². The first-order valence-corrected chi connectivity index (χ1v) is 25.2. The van der Waals surface area contributed by atoms with Crippen LogP contribution in [0.25, 0.3) is 0 Å². The second-order valence-corrected chi connectivity index (χ2v) is 19.9. The third-order valence-corrected chi connectivity index (χ3v) is 14.5. The average Bonchev–Trinajstić information content (AvgIpc) is 3.58. The van der Waals surface area contributed by atoms with Crippen LogP contribution in [0, 0.1) is 30.6 Å². The van der Waals surface area contributed by atoms with E-state index in [-0.39, 0.29) is 51.9 Å². The van der Waals surface area contributed by atoms with Crippen LogP contribution in [0.4, 0.5) is 0 Å². The van der Waals surface area contributed by atoms with Crippen molar-refractivity contribution in [3.05, 3.63) is 69.0 Å². The molecule has 70 heavy (non-hydrogen) atoms. The highest BCUT2D eigenvalue weighted by atomic mass is 32.2.